The fourth-order valence-corrected chi connectivity index (χ4v) is 2.98. The van der Waals surface area contributed by atoms with Gasteiger partial charge in [-0.3, -0.25) is 4.98 Å². The van der Waals surface area contributed by atoms with E-state index < -0.39 is 0 Å². The molecular formula is C17H19N3O3S. The first-order valence-corrected chi connectivity index (χ1v) is 8.85. The summed E-state index contributed by atoms with van der Waals surface area (Å²) in [5.74, 6) is 1.36. The Labute approximate surface area is 145 Å². The van der Waals surface area contributed by atoms with Crippen molar-refractivity contribution in [3.63, 3.8) is 0 Å². The highest BCUT2D eigenvalue weighted by molar-refractivity contribution is 7.98. The maximum Gasteiger partial charge on any atom is 0.319 e. The Morgan fingerprint density at radius 1 is 1.21 bits per heavy atom. The molecule has 1 aromatic heterocycles. The van der Waals surface area contributed by atoms with Gasteiger partial charge in [0.2, 0.25) is 0 Å². The molecule has 2 N–H and O–H groups in total. The van der Waals surface area contributed by atoms with E-state index in [-0.39, 0.29) is 12.1 Å². The Balaban J connectivity index is 1.72. The number of carbonyl (C=O) groups excluding carboxylic acids is 1. The van der Waals surface area contributed by atoms with Crippen LogP contribution in [-0.2, 0) is 0 Å². The summed E-state index contributed by atoms with van der Waals surface area (Å²) in [4.78, 5) is 17.2. The first-order valence-electron chi connectivity index (χ1n) is 7.62. The van der Waals surface area contributed by atoms with Crippen LogP contribution in [0.2, 0.25) is 0 Å². The van der Waals surface area contributed by atoms with Crippen molar-refractivity contribution in [2.24, 2.45) is 0 Å². The fourth-order valence-electron chi connectivity index (χ4n) is 2.43. The van der Waals surface area contributed by atoms with Gasteiger partial charge in [-0.05, 0) is 36.9 Å². The monoisotopic (exact) mass is 345 g/mol. The summed E-state index contributed by atoms with van der Waals surface area (Å²) in [5, 5.41) is 5.81. The largest absolute Gasteiger partial charge is 0.486 e. The number of pyridine rings is 1. The van der Waals surface area contributed by atoms with Crippen LogP contribution in [-0.4, -0.2) is 30.5 Å². The van der Waals surface area contributed by atoms with E-state index in [4.69, 9.17) is 9.47 Å². The molecule has 24 heavy (non-hydrogen) atoms. The van der Waals surface area contributed by atoms with Crippen LogP contribution in [0.15, 0.2) is 41.6 Å². The molecule has 0 unspecified atom stereocenters. The number of fused-ring (bicyclic) bond motifs is 1. The van der Waals surface area contributed by atoms with Gasteiger partial charge in [-0.1, -0.05) is 0 Å². The number of thioether (sulfide) groups is 1. The van der Waals surface area contributed by atoms with Gasteiger partial charge in [0.05, 0.1) is 11.7 Å². The Bertz CT molecular complexity index is 725. The molecule has 2 amide bonds. The van der Waals surface area contributed by atoms with Crippen LogP contribution in [0.4, 0.5) is 10.5 Å². The van der Waals surface area contributed by atoms with Crippen molar-refractivity contribution in [2.45, 2.75) is 17.9 Å². The third-order valence-electron chi connectivity index (χ3n) is 3.67. The molecule has 3 rings (SSSR count). The second-order valence-electron chi connectivity index (χ2n) is 5.30. The predicted octanol–water partition coefficient (Wildman–Crippen LogP) is 3.46. The van der Waals surface area contributed by atoms with Gasteiger partial charge in [-0.2, -0.15) is 0 Å². The van der Waals surface area contributed by atoms with E-state index in [2.05, 4.69) is 15.6 Å². The molecule has 0 saturated heterocycles. The average molecular weight is 345 g/mol. The number of amides is 2. The number of nitrogens with zero attached hydrogens (tertiary/aromatic N) is 1. The lowest BCUT2D eigenvalue weighted by atomic mass is 10.1. The molecule has 6 nitrogen and oxygen atoms in total. The molecule has 0 aliphatic carbocycles. The minimum atomic E-state index is -0.272. The summed E-state index contributed by atoms with van der Waals surface area (Å²) < 4.78 is 11.2. The first kappa shape index (κ1) is 16.4. The smallest absolute Gasteiger partial charge is 0.319 e. The van der Waals surface area contributed by atoms with Gasteiger partial charge in [0.25, 0.3) is 0 Å². The number of hydrogen-bond acceptors (Lipinski definition) is 5. The highest BCUT2D eigenvalue weighted by Crippen LogP contribution is 2.39. The minimum absolute atomic E-state index is 0.122. The molecule has 1 atom stereocenters. The van der Waals surface area contributed by atoms with Crippen LogP contribution in [0.3, 0.4) is 0 Å². The van der Waals surface area contributed by atoms with E-state index in [1.54, 1.807) is 18.5 Å². The summed E-state index contributed by atoms with van der Waals surface area (Å²) in [5.41, 5.74) is 1.69. The number of aromatic nitrogens is 1. The summed E-state index contributed by atoms with van der Waals surface area (Å²) >= 11 is 1.54. The Morgan fingerprint density at radius 2 is 1.88 bits per heavy atom. The zero-order chi connectivity index (χ0) is 16.9. The molecule has 0 saturated carbocycles. The molecule has 2 aromatic rings. The Morgan fingerprint density at radius 3 is 2.54 bits per heavy atom. The number of rotatable bonds is 4. The number of ether oxygens (including phenoxy) is 2. The molecule has 0 bridgehead atoms. The Hall–Kier alpha value is -2.41. The summed E-state index contributed by atoms with van der Waals surface area (Å²) in [6.45, 7) is 2.97. The molecular weight excluding hydrogens is 326 g/mol. The topological polar surface area (TPSA) is 72.5 Å². The highest BCUT2D eigenvalue weighted by Gasteiger charge is 2.17. The third kappa shape index (κ3) is 3.73. The number of hydrogen-bond donors (Lipinski definition) is 2. The zero-order valence-corrected chi connectivity index (χ0v) is 14.4. The summed E-state index contributed by atoms with van der Waals surface area (Å²) in [7, 11) is 0. The van der Waals surface area contributed by atoms with Crippen LogP contribution >= 0.6 is 11.8 Å². The number of nitrogens with one attached hydrogen (secondary N) is 2. The van der Waals surface area contributed by atoms with Gasteiger partial charge in [-0.15, -0.1) is 11.8 Å². The van der Waals surface area contributed by atoms with Crippen LogP contribution in [0.5, 0.6) is 11.5 Å². The third-order valence-corrected chi connectivity index (χ3v) is 4.44. The van der Waals surface area contributed by atoms with Gasteiger partial charge in [-0.25, -0.2) is 4.79 Å². The lowest BCUT2D eigenvalue weighted by Crippen LogP contribution is -2.31. The van der Waals surface area contributed by atoms with Crippen molar-refractivity contribution in [1.82, 2.24) is 10.3 Å². The normalized spacial score (nSPS) is 13.9. The number of urea groups is 1. The van der Waals surface area contributed by atoms with Crippen molar-refractivity contribution in [3.8, 4) is 11.5 Å². The average Bonchev–Trinajstić information content (AvgIpc) is 2.61. The van der Waals surface area contributed by atoms with Crippen LogP contribution < -0.4 is 20.1 Å². The van der Waals surface area contributed by atoms with Crippen LogP contribution in [0.25, 0.3) is 0 Å². The lowest BCUT2D eigenvalue weighted by Gasteiger charge is -2.21. The maximum absolute atomic E-state index is 12.3. The van der Waals surface area contributed by atoms with Gasteiger partial charge < -0.3 is 20.1 Å². The van der Waals surface area contributed by atoms with Crippen LogP contribution in [0, 0.1) is 0 Å². The first-order chi connectivity index (χ1) is 11.7. The number of benzene rings is 1. The maximum atomic E-state index is 12.3. The van der Waals surface area contributed by atoms with Crippen molar-refractivity contribution >= 4 is 23.5 Å². The predicted molar refractivity (Wildman–Crippen MR) is 94.0 cm³/mol. The second-order valence-corrected chi connectivity index (χ2v) is 6.14. The molecule has 7 heteroatoms. The quantitative estimate of drug-likeness (QED) is 0.830. The van der Waals surface area contributed by atoms with Crippen LogP contribution in [0.1, 0.15) is 18.5 Å². The van der Waals surface area contributed by atoms with Gasteiger partial charge in [0, 0.05) is 23.4 Å². The van der Waals surface area contributed by atoms with Crippen molar-refractivity contribution < 1.29 is 14.3 Å². The van der Waals surface area contributed by atoms with Gasteiger partial charge >= 0.3 is 6.03 Å². The second kappa shape index (κ2) is 7.44. The van der Waals surface area contributed by atoms with Gasteiger partial charge in [0.15, 0.2) is 11.5 Å². The SMILES string of the molecule is CSc1cc2c(cc1NC(=O)N[C@@H](C)c1ccncc1)OCCO2. The molecule has 1 aliphatic rings. The minimum Gasteiger partial charge on any atom is -0.486 e. The van der Waals surface area contributed by atoms with Crippen molar-refractivity contribution in [1.29, 1.82) is 0 Å². The number of carbonyl (C=O) groups is 1. The fraction of sp³-hybridized carbons (Fsp3) is 0.294. The van der Waals surface area contributed by atoms with Crippen molar-refractivity contribution in [3.05, 3.63) is 42.2 Å². The Kier molecular flexibility index (Phi) is 5.10. The molecule has 2 heterocycles. The van der Waals surface area contributed by atoms with Crippen molar-refractivity contribution in [2.75, 3.05) is 24.8 Å². The standard InChI is InChI=1S/C17H19N3O3S/c1-11(12-3-5-18-6-4-12)19-17(21)20-13-9-14-15(10-16(13)24-2)23-8-7-22-14/h3-6,9-11H,7-8H2,1-2H3,(H2,19,20,21)/t11-/m0/s1. The molecule has 1 aromatic carbocycles. The van der Waals surface area contributed by atoms with E-state index in [0.29, 0.717) is 30.4 Å². The molecule has 0 radical (unpaired) electrons. The number of anilines is 1. The molecule has 0 spiro atoms. The highest BCUT2D eigenvalue weighted by atomic mass is 32.2. The summed E-state index contributed by atoms with van der Waals surface area (Å²) in [6.07, 6.45) is 5.37. The summed E-state index contributed by atoms with van der Waals surface area (Å²) in [6, 6.07) is 7.05. The lowest BCUT2D eigenvalue weighted by molar-refractivity contribution is 0.171. The van der Waals surface area contributed by atoms with E-state index in [0.717, 1.165) is 10.5 Å². The van der Waals surface area contributed by atoms with E-state index in [1.807, 2.05) is 31.4 Å². The molecule has 126 valence electrons. The van der Waals surface area contributed by atoms with Gasteiger partial charge in [0.1, 0.15) is 13.2 Å². The molecule has 1 aliphatic heterocycles. The molecule has 0 fully saturated rings. The van der Waals surface area contributed by atoms with E-state index in [9.17, 15) is 4.79 Å². The van der Waals surface area contributed by atoms with E-state index >= 15 is 0 Å². The van der Waals surface area contributed by atoms with E-state index in [1.165, 1.54) is 11.8 Å². The zero-order valence-electron chi connectivity index (χ0n) is 13.5.